The number of sulfonamides is 1. The fourth-order valence-corrected chi connectivity index (χ4v) is 2.46. The number of hydrogen-bond donors (Lipinski definition) is 1. The zero-order valence-corrected chi connectivity index (χ0v) is 11.2. The summed E-state index contributed by atoms with van der Waals surface area (Å²) in [6, 6.07) is 4.57. The van der Waals surface area contributed by atoms with Crippen LogP contribution in [0.2, 0.25) is 5.02 Å². The van der Waals surface area contributed by atoms with Crippen molar-refractivity contribution in [2.75, 3.05) is 6.54 Å². The number of halogens is 5. The highest BCUT2D eigenvalue weighted by atomic mass is 35.5. The first-order valence-corrected chi connectivity index (χ1v) is 6.81. The molecule has 0 aliphatic carbocycles. The van der Waals surface area contributed by atoms with Crippen LogP contribution in [0.4, 0.5) is 17.6 Å². The summed E-state index contributed by atoms with van der Waals surface area (Å²) in [4.78, 5) is -0.508. The molecule has 1 aromatic carbocycles. The Morgan fingerprint density at radius 3 is 2.45 bits per heavy atom. The summed E-state index contributed by atoms with van der Waals surface area (Å²) < 4.78 is 73.7. The molecule has 0 atom stereocenters. The van der Waals surface area contributed by atoms with Crippen LogP contribution < -0.4 is 4.72 Å². The van der Waals surface area contributed by atoms with Crippen LogP contribution in [-0.4, -0.2) is 27.3 Å². The Bertz CT molecular complexity index is 643. The quantitative estimate of drug-likeness (QED) is 0.843. The van der Waals surface area contributed by atoms with Crippen LogP contribution in [0.1, 0.15) is 5.56 Å². The molecule has 0 aliphatic heterocycles. The van der Waals surface area contributed by atoms with E-state index in [4.69, 9.17) is 16.9 Å². The molecule has 0 saturated heterocycles. The summed E-state index contributed by atoms with van der Waals surface area (Å²) in [6.07, 6.45) is -3.99. The third-order valence-corrected chi connectivity index (χ3v) is 3.90. The van der Waals surface area contributed by atoms with E-state index in [-0.39, 0.29) is 10.6 Å². The fraction of sp³-hybridized carbons (Fsp3) is 0.300. The van der Waals surface area contributed by atoms with E-state index in [0.29, 0.717) is 0 Å². The van der Waals surface area contributed by atoms with Crippen molar-refractivity contribution in [3.05, 3.63) is 28.8 Å². The van der Waals surface area contributed by atoms with E-state index in [1.165, 1.54) is 4.72 Å². The number of hydrogen-bond acceptors (Lipinski definition) is 3. The Labute approximate surface area is 117 Å². The molecule has 0 amide bonds. The molecule has 0 unspecified atom stereocenters. The standard InChI is InChI=1S/C10H7ClF4N2O2S/c11-8-3-7(2-1-6(8)4-16)20(18,19)17-5-10(14,15)9(12)13/h1-3,9,17H,5H2. The lowest BCUT2D eigenvalue weighted by molar-refractivity contribution is -0.122. The maximum Gasteiger partial charge on any atom is 0.320 e. The maximum absolute atomic E-state index is 12.6. The highest BCUT2D eigenvalue weighted by Gasteiger charge is 2.41. The van der Waals surface area contributed by atoms with Crippen molar-refractivity contribution in [1.29, 1.82) is 5.26 Å². The predicted molar refractivity (Wildman–Crippen MR) is 62.3 cm³/mol. The topological polar surface area (TPSA) is 70.0 Å². The molecule has 0 aromatic heterocycles. The Morgan fingerprint density at radius 2 is 2.00 bits per heavy atom. The third kappa shape index (κ3) is 3.82. The summed E-state index contributed by atoms with van der Waals surface area (Å²) in [5.41, 5.74) is -0.0106. The van der Waals surface area contributed by atoms with E-state index >= 15 is 0 Å². The van der Waals surface area contributed by atoms with Crippen molar-refractivity contribution in [3.8, 4) is 6.07 Å². The molecule has 1 rings (SSSR count). The lowest BCUT2D eigenvalue weighted by atomic mass is 10.2. The number of alkyl halides is 4. The van der Waals surface area contributed by atoms with Crippen LogP contribution in [0.3, 0.4) is 0 Å². The SMILES string of the molecule is N#Cc1ccc(S(=O)(=O)NCC(F)(F)C(F)F)cc1Cl. The Hall–Kier alpha value is -1.37. The first kappa shape index (κ1) is 16.7. The third-order valence-electron chi connectivity index (χ3n) is 2.19. The minimum atomic E-state index is -4.48. The molecule has 0 heterocycles. The molecule has 0 radical (unpaired) electrons. The van der Waals surface area contributed by atoms with Crippen LogP contribution >= 0.6 is 11.6 Å². The van der Waals surface area contributed by atoms with Crippen molar-refractivity contribution in [1.82, 2.24) is 4.72 Å². The minimum absolute atomic E-state index is 0.0106. The van der Waals surface area contributed by atoms with Crippen LogP contribution in [0.5, 0.6) is 0 Å². The van der Waals surface area contributed by atoms with Gasteiger partial charge in [0.05, 0.1) is 22.0 Å². The molecular formula is C10H7ClF4N2O2S. The van der Waals surface area contributed by atoms with Gasteiger partial charge >= 0.3 is 12.3 Å². The van der Waals surface area contributed by atoms with Crippen molar-refractivity contribution in [3.63, 3.8) is 0 Å². The zero-order chi connectivity index (χ0) is 15.6. The Kier molecular flexibility index (Phi) is 4.96. The van der Waals surface area contributed by atoms with Crippen LogP contribution in [-0.2, 0) is 10.0 Å². The van der Waals surface area contributed by atoms with E-state index < -0.39 is 33.8 Å². The van der Waals surface area contributed by atoms with Gasteiger partial charge in [0, 0.05) is 0 Å². The summed E-state index contributed by atoms with van der Waals surface area (Å²) in [6.45, 7) is -1.75. The molecule has 20 heavy (non-hydrogen) atoms. The molecule has 0 fully saturated rings. The average molecular weight is 331 g/mol. The predicted octanol–water partition coefficient (Wildman–Crippen LogP) is 2.39. The van der Waals surface area contributed by atoms with Gasteiger partial charge in [-0.05, 0) is 18.2 Å². The Morgan fingerprint density at radius 1 is 1.40 bits per heavy atom. The molecule has 0 saturated carbocycles. The van der Waals surface area contributed by atoms with Gasteiger partial charge in [-0.25, -0.2) is 21.9 Å². The summed E-state index contributed by atoms with van der Waals surface area (Å²) in [5.74, 6) is -4.48. The van der Waals surface area contributed by atoms with E-state index in [2.05, 4.69) is 0 Å². The second kappa shape index (κ2) is 5.95. The van der Waals surface area contributed by atoms with Gasteiger partial charge in [-0.3, -0.25) is 0 Å². The van der Waals surface area contributed by atoms with Gasteiger partial charge in [0.25, 0.3) is 0 Å². The lowest BCUT2D eigenvalue weighted by Gasteiger charge is -2.16. The van der Waals surface area contributed by atoms with Crippen LogP contribution in [0.15, 0.2) is 23.1 Å². The number of rotatable bonds is 5. The number of benzene rings is 1. The van der Waals surface area contributed by atoms with E-state index in [0.717, 1.165) is 18.2 Å². The van der Waals surface area contributed by atoms with Gasteiger partial charge in [0.1, 0.15) is 6.07 Å². The van der Waals surface area contributed by atoms with Gasteiger partial charge in [-0.2, -0.15) is 14.0 Å². The summed E-state index contributed by atoms with van der Waals surface area (Å²) >= 11 is 5.59. The molecule has 1 N–H and O–H groups in total. The molecular weight excluding hydrogens is 324 g/mol. The maximum atomic E-state index is 12.6. The van der Waals surface area contributed by atoms with Crippen LogP contribution in [0.25, 0.3) is 0 Å². The van der Waals surface area contributed by atoms with Crippen molar-refractivity contribution < 1.29 is 26.0 Å². The van der Waals surface area contributed by atoms with Gasteiger partial charge in [0.15, 0.2) is 0 Å². The van der Waals surface area contributed by atoms with E-state index in [1.54, 1.807) is 6.07 Å². The largest absolute Gasteiger partial charge is 0.320 e. The monoisotopic (exact) mass is 330 g/mol. The summed E-state index contributed by atoms with van der Waals surface area (Å²) in [5, 5.41) is 8.40. The van der Waals surface area contributed by atoms with Gasteiger partial charge in [0.2, 0.25) is 10.0 Å². The molecule has 0 aliphatic rings. The van der Waals surface area contributed by atoms with Gasteiger partial charge in [-0.1, -0.05) is 11.6 Å². The van der Waals surface area contributed by atoms with Crippen LogP contribution in [0, 0.1) is 11.3 Å². The second-order valence-corrected chi connectivity index (χ2v) is 5.81. The smallest absolute Gasteiger partial charge is 0.207 e. The molecule has 1 aromatic rings. The minimum Gasteiger partial charge on any atom is -0.207 e. The average Bonchev–Trinajstić information content (AvgIpc) is 2.36. The molecule has 0 spiro atoms. The second-order valence-electron chi connectivity index (χ2n) is 3.64. The molecule has 4 nitrogen and oxygen atoms in total. The number of nitrogens with one attached hydrogen (secondary N) is 1. The number of nitriles is 1. The highest BCUT2D eigenvalue weighted by molar-refractivity contribution is 7.89. The zero-order valence-electron chi connectivity index (χ0n) is 9.58. The van der Waals surface area contributed by atoms with E-state index in [1.807, 2.05) is 0 Å². The first-order valence-electron chi connectivity index (χ1n) is 4.95. The highest BCUT2D eigenvalue weighted by Crippen LogP contribution is 2.23. The first-order chi connectivity index (χ1) is 9.10. The number of nitrogens with zero attached hydrogens (tertiary/aromatic N) is 1. The molecule has 10 heteroatoms. The normalized spacial score (nSPS) is 12.4. The van der Waals surface area contributed by atoms with Crippen molar-refractivity contribution in [2.45, 2.75) is 17.2 Å². The van der Waals surface area contributed by atoms with Crippen molar-refractivity contribution >= 4 is 21.6 Å². The van der Waals surface area contributed by atoms with E-state index in [9.17, 15) is 26.0 Å². The summed E-state index contributed by atoms with van der Waals surface area (Å²) in [7, 11) is -4.43. The van der Waals surface area contributed by atoms with Crippen molar-refractivity contribution in [2.24, 2.45) is 0 Å². The Balaban J connectivity index is 2.96. The van der Waals surface area contributed by atoms with Gasteiger partial charge in [-0.15, -0.1) is 0 Å². The van der Waals surface area contributed by atoms with Gasteiger partial charge < -0.3 is 0 Å². The molecule has 110 valence electrons. The fourth-order valence-electron chi connectivity index (χ4n) is 1.11. The lowest BCUT2D eigenvalue weighted by Crippen LogP contribution is -2.41. The molecule has 0 bridgehead atoms.